The number of carbonyl (C=O) groups excluding carboxylic acids is 1. The van der Waals surface area contributed by atoms with E-state index in [0.29, 0.717) is 31.2 Å². The summed E-state index contributed by atoms with van der Waals surface area (Å²) in [6.45, 7) is 14.4. The Balaban J connectivity index is 1.35. The van der Waals surface area contributed by atoms with Crippen molar-refractivity contribution in [3.8, 4) is 5.75 Å². The molecule has 2 saturated heterocycles. The Kier molecular flexibility index (Phi) is 8.16. The molecule has 2 fully saturated rings. The molecule has 5 nitrogen and oxygen atoms in total. The van der Waals surface area contributed by atoms with Gasteiger partial charge in [0, 0.05) is 23.7 Å². The Morgan fingerprint density at radius 3 is 2.52 bits per heavy atom. The van der Waals surface area contributed by atoms with Crippen molar-refractivity contribution in [1.29, 1.82) is 0 Å². The minimum Gasteiger partial charge on any atom is -0.543 e. The van der Waals surface area contributed by atoms with Gasteiger partial charge in [0.1, 0.15) is 11.6 Å². The van der Waals surface area contributed by atoms with Gasteiger partial charge in [-0.05, 0) is 104 Å². The van der Waals surface area contributed by atoms with Crippen LogP contribution >= 0.6 is 11.6 Å². The molecular formula is C32H43ClFNO4Si. The Labute approximate surface area is 244 Å². The maximum absolute atomic E-state index is 14.2. The molecule has 0 radical (unpaired) electrons. The molecule has 3 heterocycles. The third kappa shape index (κ3) is 5.72. The Hall–Kier alpha value is -1.93. The maximum Gasteiger partial charge on any atom is 0.310 e. The second-order valence-corrected chi connectivity index (χ2v) is 18.5. The molecule has 0 amide bonds. The molecule has 40 heavy (non-hydrogen) atoms. The van der Waals surface area contributed by atoms with Crippen LogP contribution in [0.4, 0.5) is 4.39 Å². The van der Waals surface area contributed by atoms with E-state index in [-0.39, 0.29) is 34.8 Å². The van der Waals surface area contributed by atoms with E-state index in [1.54, 1.807) is 6.07 Å². The highest BCUT2D eigenvalue weighted by Crippen LogP contribution is 2.52. The molecule has 3 unspecified atom stereocenters. The fourth-order valence-electron chi connectivity index (χ4n) is 6.55. The van der Waals surface area contributed by atoms with Crippen LogP contribution in [-0.4, -0.2) is 44.4 Å². The van der Waals surface area contributed by atoms with Gasteiger partial charge in [-0.2, -0.15) is 0 Å². The first-order chi connectivity index (χ1) is 18.8. The molecule has 3 atom stereocenters. The van der Waals surface area contributed by atoms with E-state index in [1.807, 2.05) is 31.2 Å². The van der Waals surface area contributed by atoms with Gasteiger partial charge < -0.3 is 13.9 Å². The summed E-state index contributed by atoms with van der Waals surface area (Å²) in [4.78, 5) is 15.8. The van der Waals surface area contributed by atoms with Crippen LogP contribution in [0.25, 0.3) is 0 Å². The van der Waals surface area contributed by atoms with Gasteiger partial charge in [0.05, 0.1) is 24.7 Å². The van der Waals surface area contributed by atoms with Crippen molar-refractivity contribution in [3.63, 3.8) is 0 Å². The summed E-state index contributed by atoms with van der Waals surface area (Å²) in [5.74, 6) is 0.0423. The molecule has 0 aromatic heterocycles. The zero-order chi connectivity index (χ0) is 28.9. The molecule has 3 aliphatic rings. The van der Waals surface area contributed by atoms with Crippen molar-refractivity contribution >= 4 is 25.9 Å². The highest BCUT2D eigenvalue weighted by atomic mass is 35.5. The third-order valence-corrected chi connectivity index (χ3v) is 14.4. The lowest BCUT2D eigenvalue weighted by Crippen LogP contribution is -2.52. The van der Waals surface area contributed by atoms with Crippen LogP contribution in [0.1, 0.15) is 70.1 Å². The summed E-state index contributed by atoms with van der Waals surface area (Å²) in [5, 5.41) is 0.705. The first-order valence-electron chi connectivity index (χ1n) is 14.6. The van der Waals surface area contributed by atoms with E-state index in [0.717, 1.165) is 48.1 Å². The Bertz CT molecular complexity index is 1250. The summed E-state index contributed by atoms with van der Waals surface area (Å²) >= 11 is 6.68. The highest BCUT2D eigenvalue weighted by molar-refractivity contribution is 6.74. The highest BCUT2D eigenvalue weighted by Gasteiger charge is 2.53. The zero-order valence-electron chi connectivity index (χ0n) is 24.7. The number of rotatable bonds is 8. The zero-order valence-corrected chi connectivity index (χ0v) is 26.4. The number of carbonyl (C=O) groups is 1. The van der Waals surface area contributed by atoms with Crippen LogP contribution < -0.4 is 4.43 Å². The summed E-state index contributed by atoms with van der Waals surface area (Å²) in [6.07, 6.45) is 4.20. The van der Waals surface area contributed by atoms with Gasteiger partial charge in [0.2, 0.25) is 8.32 Å². The lowest BCUT2D eigenvalue weighted by atomic mass is 9.79. The fraction of sp³-hybridized carbons (Fsp3) is 0.594. The lowest BCUT2D eigenvalue weighted by molar-refractivity contribution is -0.150. The average molecular weight is 588 g/mol. The van der Waals surface area contributed by atoms with Gasteiger partial charge in [0.15, 0.2) is 0 Å². The van der Waals surface area contributed by atoms with E-state index >= 15 is 0 Å². The first-order valence-corrected chi connectivity index (χ1v) is 17.9. The van der Waals surface area contributed by atoms with Crippen molar-refractivity contribution in [1.82, 2.24) is 4.90 Å². The fourth-order valence-corrected chi connectivity index (χ4v) is 7.76. The number of halogens is 2. The maximum atomic E-state index is 14.2. The number of ether oxygens (including phenoxy) is 2. The molecule has 2 bridgehead atoms. The average Bonchev–Trinajstić information content (AvgIpc) is 3.32. The van der Waals surface area contributed by atoms with Crippen LogP contribution in [0, 0.1) is 11.7 Å². The molecule has 1 spiro atoms. The smallest absolute Gasteiger partial charge is 0.310 e. The van der Waals surface area contributed by atoms with Crippen molar-refractivity contribution in [3.05, 3.63) is 63.9 Å². The molecule has 0 aliphatic carbocycles. The molecule has 0 saturated carbocycles. The van der Waals surface area contributed by atoms with Crippen molar-refractivity contribution in [2.75, 3.05) is 13.2 Å². The van der Waals surface area contributed by atoms with Gasteiger partial charge in [-0.1, -0.05) is 38.4 Å². The topological polar surface area (TPSA) is 48.0 Å². The van der Waals surface area contributed by atoms with Gasteiger partial charge in [-0.3, -0.25) is 9.69 Å². The van der Waals surface area contributed by atoms with Crippen LogP contribution in [0.5, 0.6) is 5.75 Å². The second-order valence-electron chi connectivity index (χ2n) is 13.3. The van der Waals surface area contributed by atoms with E-state index in [2.05, 4.69) is 38.8 Å². The monoisotopic (exact) mass is 587 g/mol. The summed E-state index contributed by atoms with van der Waals surface area (Å²) < 4.78 is 32.7. The summed E-state index contributed by atoms with van der Waals surface area (Å²) in [6, 6.07) is 11.4. The number of piperidine rings is 1. The first kappa shape index (κ1) is 29.6. The molecule has 0 N–H and O–H groups in total. The molecular weight excluding hydrogens is 545 g/mol. The third-order valence-electron chi connectivity index (χ3n) is 9.68. The number of esters is 1. The molecule has 218 valence electrons. The second kappa shape index (κ2) is 11.0. The summed E-state index contributed by atoms with van der Waals surface area (Å²) in [7, 11) is -2.03. The van der Waals surface area contributed by atoms with E-state index in [9.17, 15) is 9.18 Å². The van der Waals surface area contributed by atoms with Gasteiger partial charge in [-0.25, -0.2) is 4.39 Å². The Morgan fingerprint density at radius 1 is 1.18 bits per heavy atom. The van der Waals surface area contributed by atoms with Crippen LogP contribution in [0.3, 0.4) is 0 Å². The van der Waals surface area contributed by atoms with E-state index in [4.69, 9.17) is 25.5 Å². The predicted octanol–water partition coefficient (Wildman–Crippen LogP) is 7.64. The minimum atomic E-state index is -2.03. The Morgan fingerprint density at radius 2 is 1.88 bits per heavy atom. The molecule has 8 heteroatoms. The van der Waals surface area contributed by atoms with Gasteiger partial charge in [0.25, 0.3) is 0 Å². The predicted molar refractivity (Wildman–Crippen MR) is 159 cm³/mol. The number of hydrogen-bond donors (Lipinski definition) is 0. The van der Waals surface area contributed by atoms with Crippen LogP contribution in [-0.2, 0) is 32.9 Å². The van der Waals surface area contributed by atoms with Gasteiger partial charge >= 0.3 is 5.97 Å². The van der Waals surface area contributed by atoms with Crippen LogP contribution in [0.15, 0.2) is 36.4 Å². The minimum absolute atomic E-state index is 0.0699. The SMILES string of the molecule is CCOC(=O)C(Cc1cc(O[Si](C)(C)C(C)(C)C)ccc1Cl)CN1C2CCC1CC1(C2)OCc2ccc(F)cc21. The molecule has 2 aromatic carbocycles. The molecule has 2 aromatic rings. The number of hydrogen-bond acceptors (Lipinski definition) is 5. The molecule has 3 aliphatic heterocycles. The number of nitrogens with zero attached hydrogens (tertiary/aromatic N) is 1. The molecule has 5 rings (SSSR count). The van der Waals surface area contributed by atoms with Crippen molar-refractivity contribution < 1.29 is 23.1 Å². The number of fused-ring (bicyclic) bond motifs is 4. The largest absolute Gasteiger partial charge is 0.543 e. The lowest BCUT2D eigenvalue weighted by Gasteiger charge is -2.45. The number of benzene rings is 2. The van der Waals surface area contributed by atoms with E-state index in [1.165, 1.54) is 6.07 Å². The van der Waals surface area contributed by atoms with Crippen molar-refractivity contribution in [2.24, 2.45) is 5.92 Å². The van der Waals surface area contributed by atoms with Crippen molar-refractivity contribution in [2.45, 2.75) is 102 Å². The normalized spacial score (nSPS) is 25.2. The quantitative estimate of drug-likeness (QED) is 0.235. The van der Waals surface area contributed by atoms with Gasteiger partial charge in [-0.15, -0.1) is 0 Å². The van der Waals surface area contributed by atoms with Crippen LogP contribution in [0.2, 0.25) is 23.2 Å². The standard InChI is InChI=1S/C32H43ClFNO4Si/c1-7-37-30(36)23(14-22-15-27(12-13-29(22)33)39-40(5,6)31(2,3)4)19-35-25-10-11-26(35)18-32(17-25)28-16-24(34)9-8-21(28)20-38-32/h8-9,12-13,15-16,23,25-26H,7,10-11,14,17-20H2,1-6H3. The van der Waals surface area contributed by atoms with E-state index < -0.39 is 13.9 Å². The summed E-state index contributed by atoms with van der Waals surface area (Å²) in [5.41, 5.74) is 2.57.